The van der Waals surface area contributed by atoms with E-state index >= 15 is 0 Å². The highest BCUT2D eigenvalue weighted by Crippen LogP contribution is 2.46. The summed E-state index contributed by atoms with van der Waals surface area (Å²) in [5, 5.41) is 0. The van der Waals surface area contributed by atoms with Gasteiger partial charge in [0.05, 0.1) is 5.56 Å². The summed E-state index contributed by atoms with van der Waals surface area (Å²) in [6.45, 7) is 2.05. The number of esters is 1. The average molecular weight is 300 g/mol. The number of hydrogen-bond acceptors (Lipinski definition) is 2. The zero-order chi connectivity index (χ0) is 15.9. The monoisotopic (exact) mass is 300 g/mol. The highest BCUT2D eigenvalue weighted by atomic mass is 16.6. The van der Waals surface area contributed by atoms with Gasteiger partial charge in [-0.05, 0) is 13.0 Å². The second-order valence-electron chi connectivity index (χ2n) is 5.85. The van der Waals surface area contributed by atoms with Crippen LogP contribution in [0.2, 0.25) is 0 Å². The third kappa shape index (κ3) is 1.99. The van der Waals surface area contributed by atoms with E-state index in [1.165, 1.54) is 5.56 Å². The molecule has 3 aromatic carbocycles. The minimum atomic E-state index is -0.872. The van der Waals surface area contributed by atoms with Crippen LogP contribution in [0.15, 0.2) is 78.9 Å². The lowest BCUT2D eigenvalue weighted by Crippen LogP contribution is -2.29. The van der Waals surface area contributed by atoms with E-state index in [-0.39, 0.29) is 5.97 Å². The first kappa shape index (κ1) is 13.8. The molecule has 0 aliphatic carbocycles. The molecule has 23 heavy (non-hydrogen) atoms. The van der Waals surface area contributed by atoms with Gasteiger partial charge in [0.1, 0.15) is 0 Å². The molecule has 0 spiro atoms. The van der Waals surface area contributed by atoms with Crippen LogP contribution in [0.4, 0.5) is 0 Å². The maximum Gasteiger partial charge on any atom is 0.340 e. The van der Waals surface area contributed by atoms with Crippen LogP contribution in [0.25, 0.3) is 0 Å². The van der Waals surface area contributed by atoms with Gasteiger partial charge in [0.15, 0.2) is 5.60 Å². The minimum Gasteiger partial charge on any atom is -0.441 e. The van der Waals surface area contributed by atoms with Crippen LogP contribution in [-0.2, 0) is 10.3 Å². The smallest absolute Gasteiger partial charge is 0.340 e. The zero-order valence-electron chi connectivity index (χ0n) is 12.8. The fourth-order valence-corrected chi connectivity index (χ4v) is 3.27. The topological polar surface area (TPSA) is 26.3 Å². The predicted octanol–water partition coefficient (Wildman–Crippen LogP) is 4.46. The van der Waals surface area contributed by atoms with E-state index in [0.717, 1.165) is 16.7 Å². The first-order chi connectivity index (χ1) is 11.2. The Morgan fingerprint density at radius 2 is 1.35 bits per heavy atom. The van der Waals surface area contributed by atoms with Crippen LogP contribution < -0.4 is 0 Å². The molecule has 0 bridgehead atoms. The molecule has 3 aromatic rings. The van der Waals surface area contributed by atoms with Crippen LogP contribution in [0.1, 0.15) is 32.6 Å². The van der Waals surface area contributed by atoms with Crippen LogP contribution in [0, 0.1) is 6.92 Å². The summed E-state index contributed by atoms with van der Waals surface area (Å²) in [6, 6.07) is 25.7. The van der Waals surface area contributed by atoms with Crippen LogP contribution in [-0.4, -0.2) is 5.97 Å². The van der Waals surface area contributed by atoms with Gasteiger partial charge in [-0.15, -0.1) is 0 Å². The van der Waals surface area contributed by atoms with Gasteiger partial charge in [0.2, 0.25) is 0 Å². The van der Waals surface area contributed by atoms with Gasteiger partial charge in [0.25, 0.3) is 0 Å². The normalized spacial score (nSPS) is 19.3. The number of fused-ring (bicyclic) bond motifs is 1. The Balaban J connectivity index is 2.04. The number of hydrogen-bond donors (Lipinski definition) is 0. The summed E-state index contributed by atoms with van der Waals surface area (Å²) < 4.78 is 5.99. The molecule has 0 aromatic heterocycles. The van der Waals surface area contributed by atoms with E-state index in [2.05, 4.69) is 12.1 Å². The first-order valence-electron chi connectivity index (χ1n) is 7.67. The standard InChI is InChI=1S/C21H16O2/c1-15-11-13-17(14-12-15)21(16-7-3-2-4-8-16)19-10-6-5-9-18(19)20(22)23-21/h2-14H,1H3. The fraction of sp³-hybridized carbons (Fsp3) is 0.0952. The number of carbonyl (C=O) groups is 1. The number of ether oxygens (including phenoxy) is 1. The average Bonchev–Trinajstić information content (AvgIpc) is 2.91. The molecule has 1 heterocycles. The minimum absolute atomic E-state index is 0.273. The Morgan fingerprint density at radius 1 is 0.739 bits per heavy atom. The number of cyclic esters (lactones) is 1. The van der Waals surface area contributed by atoms with E-state index in [9.17, 15) is 4.79 Å². The highest BCUT2D eigenvalue weighted by Gasteiger charge is 2.48. The molecule has 2 nitrogen and oxygen atoms in total. The van der Waals surface area contributed by atoms with Crippen molar-refractivity contribution >= 4 is 5.97 Å². The van der Waals surface area contributed by atoms with Crippen molar-refractivity contribution in [2.45, 2.75) is 12.5 Å². The molecule has 1 unspecified atom stereocenters. The number of carbonyl (C=O) groups excluding carboxylic acids is 1. The summed E-state index contributed by atoms with van der Waals surface area (Å²) in [7, 11) is 0. The van der Waals surface area contributed by atoms with Crippen molar-refractivity contribution in [3.63, 3.8) is 0 Å². The molecule has 0 fully saturated rings. The molecule has 1 aliphatic rings. The summed E-state index contributed by atoms with van der Waals surface area (Å²) in [4.78, 5) is 12.5. The van der Waals surface area contributed by atoms with Gasteiger partial charge >= 0.3 is 5.97 Å². The predicted molar refractivity (Wildman–Crippen MR) is 89.4 cm³/mol. The number of rotatable bonds is 2. The molecular formula is C21H16O2. The molecule has 0 saturated carbocycles. The van der Waals surface area contributed by atoms with Gasteiger partial charge in [-0.25, -0.2) is 4.79 Å². The second-order valence-corrected chi connectivity index (χ2v) is 5.85. The number of benzene rings is 3. The first-order valence-corrected chi connectivity index (χ1v) is 7.67. The van der Waals surface area contributed by atoms with Crippen molar-refractivity contribution in [2.75, 3.05) is 0 Å². The van der Waals surface area contributed by atoms with Crippen molar-refractivity contribution in [2.24, 2.45) is 0 Å². The molecule has 2 heteroatoms. The lowest BCUT2D eigenvalue weighted by Gasteiger charge is -2.30. The zero-order valence-corrected chi connectivity index (χ0v) is 12.8. The quantitative estimate of drug-likeness (QED) is 0.653. The SMILES string of the molecule is Cc1ccc(C2(c3ccccc3)OC(=O)c3ccccc32)cc1. The van der Waals surface area contributed by atoms with Crippen molar-refractivity contribution in [3.8, 4) is 0 Å². The molecular weight excluding hydrogens is 284 g/mol. The van der Waals surface area contributed by atoms with Gasteiger partial charge in [-0.1, -0.05) is 78.4 Å². The summed E-state index contributed by atoms with van der Waals surface area (Å²) in [6.07, 6.45) is 0. The Bertz CT molecular complexity index is 866. The Kier molecular flexibility index (Phi) is 3.05. The summed E-state index contributed by atoms with van der Waals surface area (Å²) in [5.74, 6) is -0.273. The van der Waals surface area contributed by atoms with Gasteiger partial charge in [-0.3, -0.25) is 0 Å². The van der Waals surface area contributed by atoms with E-state index < -0.39 is 5.60 Å². The van der Waals surface area contributed by atoms with E-state index in [1.54, 1.807) is 0 Å². The van der Waals surface area contributed by atoms with Crippen LogP contribution >= 0.6 is 0 Å². The Labute approximate surface area is 135 Å². The third-order valence-electron chi connectivity index (χ3n) is 4.41. The van der Waals surface area contributed by atoms with Gasteiger partial charge in [0, 0.05) is 16.7 Å². The molecule has 0 saturated heterocycles. The van der Waals surface area contributed by atoms with E-state index in [1.807, 2.05) is 73.7 Å². The third-order valence-corrected chi connectivity index (χ3v) is 4.41. The summed E-state index contributed by atoms with van der Waals surface area (Å²) in [5.41, 5.74) is 3.77. The van der Waals surface area contributed by atoms with Crippen molar-refractivity contribution < 1.29 is 9.53 Å². The maximum absolute atomic E-state index is 12.5. The van der Waals surface area contributed by atoms with Crippen LogP contribution in [0.5, 0.6) is 0 Å². The Hall–Kier alpha value is -2.87. The van der Waals surface area contributed by atoms with Gasteiger partial charge in [-0.2, -0.15) is 0 Å². The molecule has 0 amide bonds. The Morgan fingerprint density at radius 3 is 2.09 bits per heavy atom. The summed E-state index contributed by atoms with van der Waals surface area (Å²) >= 11 is 0. The van der Waals surface area contributed by atoms with Crippen LogP contribution in [0.3, 0.4) is 0 Å². The lowest BCUT2D eigenvalue weighted by atomic mass is 9.80. The largest absolute Gasteiger partial charge is 0.441 e. The molecule has 112 valence electrons. The molecule has 0 radical (unpaired) electrons. The van der Waals surface area contributed by atoms with Gasteiger partial charge < -0.3 is 4.74 Å². The molecule has 1 atom stereocenters. The second kappa shape index (κ2) is 5.10. The van der Waals surface area contributed by atoms with Crippen molar-refractivity contribution in [1.82, 2.24) is 0 Å². The van der Waals surface area contributed by atoms with Crippen molar-refractivity contribution in [3.05, 3.63) is 107 Å². The fourth-order valence-electron chi connectivity index (χ4n) is 3.27. The lowest BCUT2D eigenvalue weighted by molar-refractivity contribution is 0.0251. The molecule has 1 aliphatic heterocycles. The van der Waals surface area contributed by atoms with Crippen molar-refractivity contribution in [1.29, 1.82) is 0 Å². The molecule has 4 rings (SSSR count). The van der Waals surface area contributed by atoms with E-state index in [0.29, 0.717) is 5.56 Å². The number of aryl methyl sites for hydroxylation is 1. The maximum atomic E-state index is 12.5. The highest BCUT2D eigenvalue weighted by molar-refractivity contribution is 5.96. The van der Waals surface area contributed by atoms with E-state index in [4.69, 9.17) is 4.74 Å². The molecule has 0 N–H and O–H groups in total.